The van der Waals surface area contributed by atoms with Gasteiger partial charge in [0.25, 0.3) is 0 Å². The molecule has 0 radical (unpaired) electrons. The lowest BCUT2D eigenvalue weighted by molar-refractivity contribution is -0.105. The highest BCUT2D eigenvalue weighted by molar-refractivity contribution is 5.72. The standard InChI is InChI=1S/C7H8N2O2/c1-11-6-3-2-4-8-7(6)9-5-10/h2-5H,1H3,(H,8,9,10). The lowest BCUT2D eigenvalue weighted by Gasteiger charge is -2.03. The second-order valence-electron chi connectivity index (χ2n) is 1.82. The van der Waals surface area contributed by atoms with E-state index < -0.39 is 0 Å². The molecule has 0 saturated heterocycles. The zero-order valence-electron chi connectivity index (χ0n) is 6.07. The molecule has 0 bridgehead atoms. The number of nitrogens with one attached hydrogen (secondary N) is 1. The molecule has 0 aliphatic rings. The fraction of sp³-hybridized carbons (Fsp3) is 0.143. The Bertz CT molecular complexity index is 250. The van der Waals surface area contributed by atoms with Crippen LogP contribution in [0.4, 0.5) is 5.82 Å². The summed E-state index contributed by atoms with van der Waals surface area (Å²) in [6.07, 6.45) is 2.14. The van der Waals surface area contributed by atoms with Gasteiger partial charge in [-0.1, -0.05) is 0 Å². The summed E-state index contributed by atoms with van der Waals surface area (Å²) in [6, 6.07) is 3.45. The summed E-state index contributed by atoms with van der Waals surface area (Å²) in [5, 5.41) is 2.41. The number of hydrogen-bond donors (Lipinski definition) is 1. The largest absolute Gasteiger partial charge is 0.493 e. The molecule has 0 aliphatic heterocycles. The summed E-state index contributed by atoms with van der Waals surface area (Å²) in [5.74, 6) is 0.990. The van der Waals surface area contributed by atoms with E-state index in [9.17, 15) is 4.79 Å². The zero-order valence-corrected chi connectivity index (χ0v) is 6.07. The molecule has 1 aromatic rings. The molecule has 1 heterocycles. The molecule has 0 aromatic carbocycles. The van der Waals surface area contributed by atoms with Crippen LogP contribution in [0.2, 0.25) is 0 Å². The quantitative estimate of drug-likeness (QED) is 0.647. The molecule has 1 N–H and O–H groups in total. The maximum Gasteiger partial charge on any atom is 0.212 e. The molecular weight excluding hydrogens is 144 g/mol. The third kappa shape index (κ3) is 1.67. The molecule has 4 nitrogen and oxygen atoms in total. The van der Waals surface area contributed by atoms with Gasteiger partial charge in [-0.15, -0.1) is 0 Å². The molecule has 11 heavy (non-hydrogen) atoms. The van der Waals surface area contributed by atoms with Crippen molar-refractivity contribution in [2.45, 2.75) is 0 Å². The van der Waals surface area contributed by atoms with Gasteiger partial charge in [0, 0.05) is 6.20 Å². The van der Waals surface area contributed by atoms with Crippen molar-refractivity contribution < 1.29 is 9.53 Å². The van der Waals surface area contributed by atoms with E-state index in [0.717, 1.165) is 0 Å². The highest BCUT2D eigenvalue weighted by Crippen LogP contribution is 2.18. The van der Waals surface area contributed by atoms with Gasteiger partial charge in [-0.05, 0) is 12.1 Å². The third-order valence-electron chi connectivity index (χ3n) is 1.19. The minimum absolute atomic E-state index is 0.435. The van der Waals surface area contributed by atoms with Gasteiger partial charge in [0.1, 0.15) is 0 Å². The number of methoxy groups -OCH3 is 1. The van der Waals surface area contributed by atoms with E-state index in [1.54, 1.807) is 18.3 Å². The Morgan fingerprint density at radius 3 is 3.18 bits per heavy atom. The summed E-state index contributed by atoms with van der Waals surface area (Å²) >= 11 is 0. The van der Waals surface area contributed by atoms with Crippen LogP contribution >= 0.6 is 0 Å². The van der Waals surface area contributed by atoms with Crippen LogP contribution in [-0.2, 0) is 4.79 Å². The van der Waals surface area contributed by atoms with Crippen molar-refractivity contribution in [3.05, 3.63) is 18.3 Å². The number of rotatable bonds is 3. The molecule has 0 saturated carbocycles. The Morgan fingerprint density at radius 2 is 2.55 bits per heavy atom. The van der Waals surface area contributed by atoms with E-state index in [0.29, 0.717) is 18.0 Å². The first-order chi connectivity index (χ1) is 5.38. The van der Waals surface area contributed by atoms with Crippen LogP contribution in [0.3, 0.4) is 0 Å². The number of hydrogen-bond acceptors (Lipinski definition) is 3. The minimum atomic E-state index is 0.435. The number of amides is 1. The minimum Gasteiger partial charge on any atom is -0.493 e. The second kappa shape index (κ2) is 3.55. The maximum absolute atomic E-state index is 10.0. The molecule has 1 amide bonds. The molecule has 0 atom stereocenters. The summed E-state index contributed by atoms with van der Waals surface area (Å²) in [5.41, 5.74) is 0. The topological polar surface area (TPSA) is 51.2 Å². The molecule has 0 fully saturated rings. The highest BCUT2D eigenvalue weighted by atomic mass is 16.5. The molecule has 0 unspecified atom stereocenters. The maximum atomic E-state index is 10.0. The second-order valence-corrected chi connectivity index (χ2v) is 1.82. The number of carbonyl (C=O) groups is 1. The van der Waals surface area contributed by atoms with E-state index in [2.05, 4.69) is 10.3 Å². The van der Waals surface area contributed by atoms with Crippen molar-refractivity contribution in [3.63, 3.8) is 0 Å². The lowest BCUT2D eigenvalue weighted by Crippen LogP contribution is -1.99. The van der Waals surface area contributed by atoms with Gasteiger partial charge in [-0.2, -0.15) is 0 Å². The van der Waals surface area contributed by atoms with Crippen molar-refractivity contribution in [1.82, 2.24) is 4.98 Å². The average Bonchev–Trinajstić information content (AvgIpc) is 2.06. The van der Waals surface area contributed by atoms with Gasteiger partial charge in [-0.3, -0.25) is 4.79 Å². The van der Waals surface area contributed by atoms with Crippen LogP contribution in [-0.4, -0.2) is 18.5 Å². The Hall–Kier alpha value is -1.58. The van der Waals surface area contributed by atoms with Crippen molar-refractivity contribution in [3.8, 4) is 5.75 Å². The normalized spacial score (nSPS) is 8.82. The van der Waals surface area contributed by atoms with Crippen LogP contribution in [0.15, 0.2) is 18.3 Å². The molecule has 0 spiro atoms. The molecule has 58 valence electrons. The van der Waals surface area contributed by atoms with Crippen LogP contribution in [0.1, 0.15) is 0 Å². The number of carbonyl (C=O) groups excluding carboxylic acids is 1. The summed E-state index contributed by atoms with van der Waals surface area (Å²) < 4.78 is 4.91. The molecule has 4 heteroatoms. The summed E-state index contributed by atoms with van der Waals surface area (Å²) in [4.78, 5) is 13.9. The van der Waals surface area contributed by atoms with E-state index in [1.165, 1.54) is 7.11 Å². The molecule has 1 aromatic heterocycles. The first-order valence-corrected chi connectivity index (χ1v) is 3.07. The Balaban J connectivity index is 2.92. The van der Waals surface area contributed by atoms with E-state index >= 15 is 0 Å². The average molecular weight is 152 g/mol. The molecule has 1 rings (SSSR count). The van der Waals surface area contributed by atoms with Gasteiger partial charge < -0.3 is 10.1 Å². The number of aromatic nitrogens is 1. The molecular formula is C7H8N2O2. The predicted octanol–water partition coefficient (Wildman–Crippen LogP) is 0.658. The van der Waals surface area contributed by atoms with E-state index in [1.807, 2.05) is 0 Å². The first kappa shape index (κ1) is 7.53. The lowest BCUT2D eigenvalue weighted by atomic mass is 10.4. The van der Waals surface area contributed by atoms with Gasteiger partial charge in [-0.25, -0.2) is 4.98 Å². The van der Waals surface area contributed by atoms with Crippen molar-refractivity contribution >= 4 is 12.2 Å². The van der Waals surface area contributed by atoms with Crippen LogP contribution < -0.4 is 10.1 Å². The smallest absolute Gasteiger partial charge is 0.212 e. The highest BCUT2D eigenvalue weighted by Gasteiger charge is 1.99. The fourth-order valence-corrected chi connectivity index (χ4v) is 0.719. The summed E-state index contributed by atoms with van der Waals surface area (Å²) in [6.45, 7) is 0. The van der Waals surface area contributed by atoms with Crippen molar-refractivity contribution in [2.75, 3.05) is 12.4 Å². The Labute approximate surface area is 64.2 Å². The van der Waals surface area contributed by atoms with Gasteiger partial charge in [0.2, 0.25) is 6.41 Å². The fourth-order valence-electron chi connectivity index (χ4n) is 0.719. The van der Waals surface area contributed by atoms with Gasteiger partial charge >= 0.3 is 0 Å². The van der Waals surface area contributed by atoms with Crippen LogP contribution in [0.5, 0.6) is 5.75 Å². The number of anilines is 1. The van der Waals surface area contributed by atoms with Gasteiger partial charge in [0.15, 0.2) is 11.6 Å². The monoisotopic (exact) mass is 152 g/mol. The van der Waals surface area contributed by atoms with Gasteiger partial charge in [0.05, 0.1) is 7.11 Å². The Morgan fingerprint density at radius 1 is 1.73 bits per heavy atom. The van der Waals surface area contributed by atoms with Crippen LogP contribution in [0.25, 0.3) is 0 Å². The molecule has 0 aliphatic carbocycles. The SMILES string of the molecule is COc1cccnc1NC=O. The third-order valence-corrected chi connectivity index (χ3v) is 1.19. The van der Waals surface area contributed by atoms with E-state index in [4.69, 9.17) is 4.74 Å². The zero-order chi connectivity index (χ0) is 8.10. The van der Waals surface area contributed by atoms with E-state index in [-0.39, 0.29) is 0 Å². The number of nitrogens with zero attached hydrogens (tertiary/aromatic N) is 1. The summed E-state index contributed by atoms with van der Waals surface area (Å²) in [7, 11) is 1.52. The predicted molar refractivity (Wildman–Crippen MR) is 40.5 cm³/mol. The van der Waals surface area contributed by atoms with Crippen LogP contribution in [0, 0.1) is 0 Å². The van der Waals surface area contributed by atoms with Crippen molar-refractivity contribution in [2.24, 2.45) is 0 Å². The van der Waals surface area contributed by atoms with Crippen molar-refractivity contribution in [1.29, 1.82) is 0 Å². The Kier molecular flexibility index (Phi) is 2.43. The number of pyridine rings is 1. The number of ether oxygens (including phenoxy) is 1. The first-order valence-electron chi connectivity index (χ1n) is 3.07.